The highest BCUT2D eigenvalue weighted by Crippen LogP contribution is 2.33. The topological polar surface area (TPSA) is 58.8 Å². The third-order valence-corrected chi connectivity index (χ3v) is 5.90. The smallest absolute Gasteiger partial charge is 0.228 e. The van der Waals surface area contributed by atoms with E-state index >= 15 is 0 Å². The molecule has 0 N–H and O–H groups in total. The van der Waals surface area contributed by atoms with Gasteiger partial charge in [0.15, 0.2) is 5.76 Å². The number of anilines is 1. The predicted molar refractivity (Wildman–Crippen MR) is 115 cm³/mol. The van der Waals surface area contributed by atoms with E-state index in [0.717, 1.165) is 42.1 Å². The number of carbonyl (C=O) groups excluding carboxylic acids is 1. The summed E-state index contributed by atoms with van der Waals surface area (Å²) in [5, 5.41) is 4.11. The minimum atomic E-state index is -0.243. The lowest BCUT2D eigenvalue weighted by Gasteiger charge is -2.36. The zero-order valence-electron chi connectivity index (χ0n) is 17.4. The van der Waals surface area contributed by atoms with Crippen molar-refractivity contribution >= 4 is 11.6 Å². The second-order valence-electron chi connectivity index (χ2n) is 8.16. The van der Waals surface area contributed by atoms with E-state index in [9.17, 15) is 9.18 Å². The van der Waals surface area contributed by atoms with Gasteiger partial charge in [-0.15, -0.1) is 0 Å². The maximum absolute atomic E-state index is 13.1. The average Bonchev–Trinajstić information content (AvgIpc) is 3.39. The molecular weight excluding hydrogens is 397 g/mol. The van der Waals surface area contributed by atoms with Crippen LogP contribution in [0.5, 0.6) is 5.75 Å². The summed E-state index contributed by atoms with van der Waals surface area (Å²) in [4.78, 5) is 16.8. The van der Waals surface area contributed by atoms with Crippen molar-refractivity contribution in [2.75, 3.05) is 31.1 Å². The van der Waals surface area contributed by atoms with Gasteiger partial charge in [0, 0.05) is 49.9 Å². The molecule has 1 amide bonds. The Labute approximate surface area is 180 Å². The molecule has 0 bridgehead atoms. The summed E-state index contributed by atoms with van der Waals surface area (Å²) in [7, 11) is 0. The van der Waals surface area contributed by atoms with Crippen LogP contribution < -0.4 is 9.64 Å². The summed E-state index contributed by atoms with van der Waals surface area (Å²) >= 11 is 0. The standard InChI is InChI=1S/C24H24FN3O3/c1-16-12-18-13-17(2-7-22(18)30-16)23-14-20(26-31-23)15-24(29)28-10-8-27(9-11-28)21-5-3-19(25)4-6-21/h2-7,13-14,16H,8-12,15H2,1H3. The molecule has 0 aliphatic carbocycles. The number of amides is 1. The van der Waals surface area contributed by atoms with E-state index in [4.69, 9.17) is 9.26 Å². The van der Waals surface area contributed by atoms with Crippen LogP contribution in [0, 0.1) is 5.82 Å². The summed E-state index contributed by atoms with van der Waals surface area (Å²) < 4.78 is 24.4. The van der Waals surface area contributed by atoms with Gasteiger partial charge in [0.25, 0.3) is 0 Å². The van der Waals surface area contributed by atoms with Crippen LogP contribution >= 0.6 is 0 Å². The van der Waals surface area contributed by atoms with Gasteiger partial charge in [-0.1, -0.05) is 5.16 Å². The molecule has 0 saturated carbocycles. The summed E-state index contributed by atoms with van der Waals surface area (Å²) in [5.41, 5.74) is 3.71. The predicted octanol–water partition coefficient (Wildman–Crippen LogP) is 3.70. The number of aromatic nitrogens is 1. The van der Waals surface area contributed by atoms with Crippen LogP contribution in [0.3, 0.4) is 0 Å². The molecule has 1 atom stereocenters. The lowest BCUT2D eigenvalue weighted by molar-refractivity contribution is -0.130. The van der Waals surface area contributed by atoms with E-state index in [0.29, 0.717) is 24.5 Å². The Morgan fingerprint density at radius 1 is 1.10 bits per heavy atom. The second-order valence-corrected chi connectivity index (χ2v) is 8.16. The summed E-state index contributed by atoms with van der Waals surface area (Å²) in [5.74, 6) is 1.37. The van der Waals surface area contributed by atoms with Crippen molar-refractivity contribution in [3.8, 4) is 17.1 Å². The van der Waals surface area contributed by atoms with E-state index in [2.05, 4.69) is 23.0 Å². The van der Waals surface area contributed by atoms with Crippen molar-refractivity contribution in [3.63, 3.8) is 0 Å². The molecule has 2 aliphatic rings. The van der Waals surface area contributed by atoms with Crippen LogP contribution in [-0.4, -0.2) is 48.2 Å². The molecule has 7 heteroatoms. The van der Waals surface area contributed by atoms with Gasteiger partial charge in [0.1, 0.15) is 17.7 Å². The molecule has 5 rings (SSSR count). The van der Waals surface area contributed by atoms with Crippen molar-refractivity contribution in [2.24, 2.45) is 0 Å². The molecule has 1 unspecified atom stereocenters. The van der Waals surface area contributed by atoms with E-state index < -0.39 is 0 Å². The SMILES string of the molecule is CC1Cc2cc(-c3cc(CC(=O)N4CCN(c5ccc(F)cc5)CC4)no3)ccc2O1. The maximum atomic E-state index is 13.1. The van der Waals surface area contributed by atoms with Gasteiger partial charge in [0.2, 0.25) is 5.91 Å². The van der Waals surface area contributed by atoms with Gasteiger partial charge in [-0.25, -0.2) is 4.39 Å². The normalized spacial score (nSPS) is 18.1. The summed E-state index contributed by atoms with van der Waals surface area (Å²) in [6, 6.07) is 14.3. The van der Waals surface area contributed by atoms with Gasteiger partial charge in [-0.05, 0) is 55.0 Å². The zero-order chi connectivity index (χ0) is 21.4. The number of piperazine rings is 1. The summed E-state index contributed by atoms with van der Waals surface area (Å²) in [6.45, 7) is 4.75. The van der Waals surface area contributed by atoms with Crippen LogP contribution in [-0.2, 0) is 17.6 Å². The third kappa shape index (κ3) is 4.13. The molecule has 2 aliphatic heterocycles. The fraction of sp³-hybridized carbons (Fsp3) is 0.333. The fourth-order valence-electron chi connectivity index (χ4n) is 4.24. The molecule has 160 valence electrons. The van der Waals surface area contributed by atoms with Gasteiger partial charge >= 0.3 is 0 Å². The number of ether oxygens (including phenoxy) is 1. The van der Waals surface area contributed by atoms with Crippen LogP contribution in [0.4, 0.5) is 10.1 Å². The number of fused-ring (bicyclic) bond motifs is 1. The Balaban J connectivity index is 1.19. The van der Waals surface area contributed by atoms with Crippen molar-refractivity contribution in [1.29, 1.82) is 0 Å². The average molecular weight is 421 g/mol. The van der Waals surface area contributed by atoms with Gasteiger partial charge in [-0.3, -0.25) is 4.79 Å². The molecule has 3 heterocycles. The van der Waals surface area contributed by atoms with Gasteiger partial charge < -0.3 is 19.1 Å². The number of nitrogens with zero attached hydrogens (tertiary/aromatic N) is 3. The zero-order valence-corrected chi connectivity index (χ0v) is 17.4. The monoisotopic (exact) mass is 421 g/mol. The second kappa shape index (κ2) is 8.06. The highest BCUT2D eigenvalue weighted by atomic mass is 19.1. The molecule has 0 spiro atoms. The van der Waals surface area contributed by atoms with Crippen molar-refractivity contribution in [2.45, 2.75) is 25.9 Å². The highest BCUT2D eigenvalue weighted by Gasteiger charge is 2.23. The van der Waals surface area contributed by atoms with E-state index in [-0.39, 0.29) is 24.2 Å². The Morgan fingerprint density at radius 3 is 2.65 bits per heavy atom. The number of rotatable bonds is 4. The highest BCUT2D eigenvalue weighted by molar-refractivity contribution is 5.79. The molecule has 3 aromatic rings. The molecular formula is C24H24FN3O3. The minimum Gasteiger partial charge on any atom is -0.490 e. The van der Waals surface area contributed by atoms with Crippen LogP contribution in [0.1, 0.15) is 18.2 Å². The van der Waals surface area contributed by atoms with Gasteiger partial charge in [0.05, 0.1) is 12.1 Å². The van der Waals surface area contributed by atoms with E-state index in [1.807, 2.05) is 23.1 Å². The quantitative estimate of drug-likeness (QED) is 0.643. The number of hydrogen-bond acceptors (Lipinski definition) is 5. The van der Waals surface area contributed by atoms with Gasteiger partial charge in [-0.2, -0.15) is 0 Å². The van der Waals surface area contributed by atoms with Crippen molar-refractivity contribution < 1.29 is 18.4 Å². The Bertz CT molecular complexity index is 1090. The van der Waals surface area contributed by atoms with E-state index in [1.165, 1.54) is 12.1 Å². The van der Waals surface area contributed by atoms with Crippen molar-refractivity contribution in [3.05, 3.63) is 65.6 Å². The first-order valence-corrected chi connectivity index (χ1v) is 10.6. The molecule has 0 radical (unpaired) electrons. The third-order valence-electron chi connectivity index (χ3n) is 5.90. The number of hydrogen-bond donors (Lipinski definition) is 0. The maximum Gasteiger partial charge on any atom is 0.228 e. The largest absolute Gasteiger partial charge is 0.490 e. The lowest BCUT2D eigenvalue weighted by Crippen LogP contribution is -2.49. The molecule has 6 nitrogen and oxygen atoms in total. The first-order chi connectivity index (χ1) is 15.0. The number of halogens is 1. The first-order valence-electron chi connectivity index (χ1n) is 10.6. The Hall–Kier alpha value is -3.35. The number of benzene rings is 2. The van der Waals surface area contributed by atoms with Crippen LogP contribution in [0.2, 0.25) is 0 Å². The van der Waals surface area contributed by atoms with Crippen molar-refractivity contribution in [1.82, 2.24) is 10.1 Å². The Morgan fingerprint density at radius 2 is 1.87 bits per heavy atom. The first kappa shape index (κ1) is 19.6. The molecule has 1 aromatic heterocycles. The molecule has 1 fully saturated rings. The number of carbonyl (C=O) groups is 1. The van der Waals surface area contributed by atoms with Crippen LogP contribution in [0.25, 0.3) is 11.3 Å². The van der Waals surface area contributed by atoms with E-state index in [1.54, 1.807) is 12.1 Å². The van der Waals surface area contributed by atoms with Crippen LogP contribution in [0.15, 0.2) is 53.1 Å². The fourth-order valence-corrected chi connectivity index (χ4v) is 4.24. The molecule has 1 saturated heterocycles. The Kier molecular flexibility index (Phi) is 5.10. The lowest BCUT2D eigenvalue weighted by atomic mass is 10.1. The molecule has 31 heavy (non-hydrogen) atoms. The summed E-state index contributed by atoms with van der Waals surface area (Å²) in [6.07, 6.45) is 1.29. The minimum absolute atomic E-state index is 0.0368. The molecule has 2 aromatic carbocycles.